The molecular formula is C16H11NO2. The molecule has 0 unspecified atom stereocenters. The summed E-state index contributed by atoms with van der Waals surface area (Å²) in [6.07, 6.45) is 1.36. The third-order valence-corrected chi connectivity index (χ3v) is 2.68. The quantitative estimate of drug-likeness (QED) is 0.670. The molecule has 0 heterocycles. The van der Waals surface area contributed by atoms with Gasteiger partial charge in [0.2, 0.25) is 0 Å². The van der Waals surface area contributed by atoms with Crippen molar-refractivity contribution >= 4 is 12.0 Å². The number of carboxylic acids is 1. The van der Waals surface area contributed by atoms with Crippen molar-refractivity contribution in [2.75, 3.05) is 0 Å². The number of aliphatic carboxylic acids is 1. The fourth-order valence-corrected chi connectivity index (χ4v) is 1.71. The van der Waals surface area contributed by atoms with E-state index < -0.39 is 5.97 Å². The number of hydrogen-bond acceptors (Lipinski definition) is 2. The Bertz CT molecular complexity index is 649. The van der Waals surface area contributed by atoms with E-state index in [4.69, 9.17) is 10.4 Å². The van der Waals surface area contributed by atoms with Gasteiger partial charge in [0.1, 0.15) is 11.6 Å². The largest absolute Gasteiger partial charge is 0.477 e. The van der Waals surface area contributed by atoms with Crippen LogP contribution >= 0.6 is 0 Å². The molecule has 0 aliphatic carbocycles. The Balaban J connectivity index is 2.30. The van der Waals surface area contributed by atoms with Crippen LogP contribution in [-0.4, -0.2) is 11.1 Å². The van der Waals surface area contributed by atoms with Crippen molar-refractivity contribution in [3.05, 3.63) is 65.7 Å². The lowest BCUT2D eigenvalue weighted by atomic mass is 10.0. The first kappa shape index (κ1) is 12.6. The molecule has 0 spiro atoms. The number of nitriles is 1. The van der Waals surface area contributed by atoms with Crippen molar-refractivity contribution in [3.63, 3.8) is 0 Å². The van der Waals surface area contributed by atoms with Gasteiger partial charge >= 0.3 is 5.97 Å². The van der Waals surface area contributed by atoms with Crippen molar-refractivity contribution in [3.8, 4) is 17.2 Å². The Labute approximate surface area is 111 Å². The Morgan fingerprint density at radius 1 is 1.00 bits per heavy atom. The van der Waals surface area contributed by atoms with E-state index in [0.29, 0.717) is 5.56 Å². The van der Waals surface area contributed by atoms with Crippen molar-refractivity contribution in [1.29, 1.82) is 5.26 Å². The molecule has 1 N–H and O–H groups in total. The van der Waals surface area contributed by atoms with Crippen LogP contribution in [0.5, 0.6) is 0 Å². The molecule has 3 heteroatoms. The maximum atomic E-state index is 10.7. The van der Waals surface area contributed by atoms with Gasteiger partial charge in [-0.05, 0) is 22.8 Å². The molecule has 0 atom stereocenters. The van der Waals surface area contributed by atoms with Crippen LogP contribution in [0, 0.1) is 11.3 Å². The zero-order valence-corrected chi connectivity index (χ0v) is 10.1. The highest BCUT2D eigenvalue weighted by Gasteiger charge is 2.05. The van der Waals surface area contributed by atoms with Crippen molar-refractivity contribution in [2.45, 2.75) is 0 Å². The molecule has 0 aromatic heterocycles. The molecule has 0 bridgehead atoms. The van der Waals surface area contributed by atoms with Crippen molar-refractivity contribution < 1.29 is 9.90 Å². The molecule has 2 rings (SSSR count). The Hall–Kier alpha value is -2.86. The number of nitrogens with zero attached hydrogens (tertiary/aromatic N) is 1. The minimum Gasteiger partial charge on any atom is -0.477 e. The molecule has 3 nitrogen and oxygen atoms in total. The first-order valence-corrected chi connectivity index (χ1v) is 5.71. The first-order valence-electron chi connectivity index (χ1n) is 5.71. The summed E-state index contributed by atoms with van der Waals surface area (Å²) >= 11 is 0. The molecule has 0 amide bonds. The molecule has 0 aliphatic heterocycles. The van der Waals surface area contributed by atoms with Crippen LogP contribution in [0.4, 0.5) is 0 Å². The van der Waals surface area contributed by atoms with Crippen LogP contribution in [0.25, 0.3) is 17.2 Å². The smallest absolute Gasteiger partial charge is 0.346 e. The lowest BCUT2D eigenvalue weighted by molar-refractivity contribution is -0.132. The van der Waals surface area contributed by atoms with Gasteiger partial charge in [0, 0.05) is 0 Å². The van der Waals surface area contributed by atoms with Gasteiger partial charge in [-0.2, -0.15) is 5.26 Å². The lowest BCUT2D eigenvalue weighted by Gasteiger charge is -2.01. The number of carbonyl (C=O) groups is 1. The van der Waals surface area contributed by atoms with E-state index in [9.17, 15) is 4.79 Å². The third kappa shape index (κ3) is 3.08. The normalized spacial score (nSPS) is 10.8. The van der Waals surface area contributed by atoms with E-state index in [0.717, 1.165) is 11.1 Å². The summed E-state index contributed by atoms with van der Waals surface area (Å²) in [6, 6.07) is 18.9. The van der Waals surface area contributed by atoms with Crippen molar-refractivity contribution in [2.24, 2.45) is 0 Å². The summed E-state index contributed by atoms with van der Waals surface area (Å²) in [5.41, 5.74) is 2.56. The topological polar surface area (TPSA) is 61.1 Å². The van der Waals surface area contributed by atoms with Gasteiger partial charge in [-0.3, -0.25) is 0 Å². The summed E-state index contributed by atoms with van der Waals surface area (Å²) in [4.78, 5) is 10.7. The van der Waals surface area contributed by atoms with E-state index >= 15 is 0 Å². The molecule has 92 valence electrons. The molecule has 19 heavy (non-hydrogen) atoms. The fourth-order valence-electron chi connectivity index (χ4n) is 1.71. The molecule has 0 radical (unpaired) electrons. The number of rotatable bonds is 3. The lowest BCUT2D eigenvalue weighted by Crippen LogP contribution is -1.97. The SMILES string of the molecule is N#C/C(=C\c1ccc(-c2ccccc2)cc1)C(=O)O. The zero-order valence-electron chi connectivity index (χ0n) is 10.1. The molecule has 0 saturated carbocycles. The summed E-state index contributed by atoms with van der Waals surface area (Å²) in [5.74, 6) is -1.21. The van der Waals surface area contributed by atoms with Gasteiger partial charge in [-0.1, -0.05) is 54.6 Å². The Morgan fingerprint density at radius 3 is 2.11 bits per heavy atom. The molecule has 2 aromatic carbocycles. The average Bonchev–Trinajstić information content (AvgIpc) is 2.46. The maximum absolute atomic E-state index is 10.7. The van der Waals surface area contributed by atoms with E-state index in [-0.39, 0.29) is 5.57 Å². The van der Waals surface area contributed by atoms with Gasteiger partial charge in [-0.25, -0.2) is 4.79 Å². The number of hydrogen-bond donors (Lipinski definition) is 1. The van der Waals surface area contributed by atoms with Crippen LogP contribution in [0.1, 0.15) is 5.56 Å². The highest BCUT2D eigenvalue weighted by molar-refractivity contribution is 5.96. The predicted molar refractivity (Wildman–Crippen MR) is 73.1 cm³/mol. The summed E-state index contributed by atoms with van der Waals surface area (Å²) in [5, 5.41) is 17.5. The van der Waals surface area contributed by atoms with Crippen LogP contribution in [0.2, 0.25) is 0 Å². The van der Waals surface area contributed by atoms with Crippen LogP contribution < -0.4 is 0 Å². The second kappa shape index (κ2) is 5.65. The van der Waals surface area contributed by atoms with Crippen LogP contribution in [0.3, 0.4) is 0 Å². The van der Waals surface area contributed by atoms with E-state index in [1.165, 1.54) is 6.08 Å². The molecule has 0 aliphatic rings. The average molecular weight is 249 g/mol. The summed E-state index contributed by atoms with van der Waals surface area (Å²) < 4.78 is 0. The van der Waals surface area contributed by atoms with E-state index in [1.54, 1.807) is 18.2 Å². The second-order valence-electron chi connectivity index (χ2n) is 3.96. The molecular weight excluding hydrogens is 238 g/mol. The van der Waals surface area contributed by atoms with Gasteiger partial charge in [0.05, 0.1) is 0 Å². The monoisotopic (exact) mass is 249 g/mol. The van der Waals surface area contributed by atoms with Gasteiger partial charge in [-0.15, -0.1) is 0 Å². The third-order valence-electron chi connectivity index (χ3n) is 2.68. The molecule has 0 fully saturated rings. The van der Waals surface area contributed by atoms with Gasteiger partial charge in [0.15, 0.2) is 0 Å². The standard InChI is InChI=1S/C16H11NO2/c17-11-15(16(18)19)10-12-6-8-14(9-7-12)13-4-2-1-3-5-13/h1-10H,(H,18,19)/b15-10+. The van der Waals surface area contributed by atoms with Gasteiger partial charge in [0.25, 0.3) is 0 Å². The Morgan fingerprint density at radius 2 is 1.58 bits per heavy atom. The first-order chi connectivity index (χ1) is 9.20. The maximum Gasteiger partial charge on any atom is 0.346 e. The van der Waals surface area contributed by atoms with Crippen LogP contribution in [0.15, 0.2) is 60.2 Å². The highest BCUT2D eigenvalue weighted by atomic mass is 16.4. The van der Waals surface area contributed by atoms with Gasteiger partial charge < -0.3 is 5.11 Å². The zero-order chi connectivity index (χ0) is 13.7. The number of benzene rings is 2. The van der Waals surface area contributed by atoms with E-state index in [1.807, 2.05) is 42.5 Å². The molecule has 2 aromatic rings. The highest BCUT2D eigenvalue weighted by Crippen LogP contribution is 2.20. The minimum absolute atomic E-state index is 0.271. The summed E-state index contributed by atoms with van der Waals surface area (Å²) in [6.45, 7) is 0. The molecule has 0 saturated heterocycles. The van der Waals surface area contributed by atoms with Crippen LogP contribution in [-0.2, 0) is 4.79 Å². The summed E-state index contributed by atoms with van der Waals surface area (Å²) in [7, 11) is 0. The predicted octanol–water partition coefficient (Wildman–Crippen LogP) is 3.35. The Kier molecular flexibility index (Phi) is 3.75. The fraction of sp³-hybridized carbons (Fsp3) is 0. The van der Waals surface area contributed by atoms with Crippen molar-refractivity contribution in [1.82, 2.24) is 0 Å². The second-order valence-corrected chi connectivity index (χ2v) is 3.96. The minimum atomic E-state index is -1.21. The number of carboxylic acid groups (broad SMARTS) is 1. The van der Waals surface area contributed by atoms with E-state index in [2.05, 4.69) is 0 Å².